The third kappa shape index (κ3) is 4.20. The summed E-state index contributed by atoms with van der Waals surface area (Å²) in [5.41, 5.74) is 2.08. The SMILES string of the molecule is CCN(c1ccc(C(=O)N2CCC(C(=O)OC)(c3ccccc3)CC2)cc1)C(C)C. The Balaban J connectivity index is 1.74. The Kier molecular flexibility index (Phi) is 6.80. The zero-order valence-corrected chi connectivity index (χ0v) is 18.4. The minimum absolute atomic E-state index is 0.0145. The van der Waals surface area contributed by atoms with Crippen molar-refractivity contribution in [2.24, 2.45) is 0 Å². The second-order valence-corrected chi connectivity index (χ2v) is 8.16. The summed E-state index contributed by atoms with van der Waals surface area (Å²) >= 11 is 0. The zero-order valence-electron chi connectivity index (χ0n) is 18.4. The van der Waals surface area contributed by atoms with Crippen LogP contribution in [0.2, 0.25) is 0 Å². The fourth-order valence-electron chi connectivity index (χ4n) is 4.48. The van der Waals surface area contributed by atoms with Crippen LogP contribution in [0.25, 0.3) is 0 Å². The van der Waals surface area contributed by atoms with Crippen LogP contribution in [-0.2, 0) is 14.9 Å². The Bertz CT molecular complexity index is 854. The molecule has 1 aliphatic heterocycles. The quantitative estimate of drug-likeness (QED) is 0.670. The van der Waals surface area contributed by atoms with E-state index in [0.717, 1.165) is 17.8 Å². The van der Waals surface area contributed by atoms with Gasteiger partial charge in [-0.3, -0.25) is 9.59 Å². The number of ether oxygens (including phenoxy) is 1. The first-order chi connectivity index (χ1) is 14.4. The number of methoxy groups -OCH3 is 1. The van der Waals surface area contributed by atoms with Crippen molar-refractivity contribution >= 4 is 17.6 Å². The lowest BCUT2D eigenvalue weighted by Gasteiger charge is -2.40. The summed E-state index contributed by atoms with van der Waals surface area (Å²) in [7, 11) is 1.43. The maximum atomic E-state index is 13.1. The summed E-state index contributed by atoms with van der Waals surface area (Å²) in [5, 5.41) is 0. The molecule has 0 spiro atoms. The van der Waals surface area contributed by atoms with Gasteiger partial charge in [-0.15, -0.1) is 0 Å². The third-order valence-corrected chi connectivity index (χ3v) is 6.22. The normalized spacial score (nSPS) is 15.7. The van der Waals surface area contributed by atoms with Crippen molar-refractivity contribution in [3.63, 3.8) is 0 Å². The van der Waals surface area contributed by atoms with Gasteiger partial charge in [0.1, 0.15) is 0 Å². The van der Waals surface area contributed by atoms with Gasteiger partial charge >= 0.3 is 5.97 Å². The minimum atomic E-state index is -0.685. The summed E-state index contributed by atoms with van der Waals surface area (Å²) < 4.78 is 5.15. The number of rotatable bonds is 6. The van der Waals surface area contributed by atoms with Crippen molar-refractivity contribution in [2.75, 3.05) is 31.6 Å². The molecule has 0 aliphatic carbocycles. The molecule has 0 radical (unpaired) electrons. The molecule has 5 nitrogen and oxygen atoms in total. The van der Waals surface area contributed by atoms with Crippen LogP contribution in [0.4, 0.5) is 5.69 Å². The van der Waals surface area contributed by atoms with Gasteiger partial charge in [0.15, 0.2) is 0 Å². The van der Waals surface area contributed by atoms with Crippen molar-refractivity contribution in [3.8, 4) is 0 Å². The number of hydrogen-bond acceptors (Lipinski definition) is 4. The first-order valence-corrected chi connectivity index (χ1v) is 10.7. The summed E-state index contributed by atoms with van der Waals surface area (Å²) in [6, 6.07) is 18.0. The molecular formula is C25H32N2O3. The molecule has 5 heteroatoms. The number of benzene rings is 2. The van der Waals surface area contributed by atoms with E-state index in [4.69, 9.17) is 4.74 Å². The second-order valence-electron chi connectivity index (χ2n) is 8.16. The van der Waals surface area contributed by atoms with E-state index in [0.29, 0.717) is 37.5 Å². The molecule has 2 aromatic rings. The summed E-state index contributed by atoms with van der Waals surface area (Å²) in [5.74, 6) is -0.209. The lowest BCUT2D eigenvalue weighted by molar-refractivity contribution is -0.149. The van der Waals surface area contributed by atoms with Gasteiger partial charge in [-0.05, 0) is 63.4 Å². The second kappa shape index (κ2) is 9.33. The van der Waals surface area contributed by atoms with Crippen molar-refractivity contribution < 1.29 is 14.3 Å². The number of carbonyl (C=O) groups is 2. The van der Waals surface area contributed by atoms with E-state index in [1.807, 2.05) is 59.5 Å². The van der Waals surface area contributed by atoms with Crippen LogP contribution >= 0.6 is 0 Å². The number of esters is 1. The van der Waals surface area contributed by atoms with Crippen molar-refractivity contribution in [3.05, 3.63) is 65.7 Å². The Labute approximate surface area is 179 Å². The third-order valence-electron chi connectivity index (χ3n) is 6.22. The highest BCUT2D eigenvalue weighted by atomic mass is 16.5. The van der Waals surface area contributed by atoms with Gasteiger partial charge in [-0.2, -0.15) is 0 Å². The molecule has 1 aliphatic rings. The molecule has 0 bridgehead atoms. The van der Waals surface area contributed by atoms with Crippen molar-refractivity contribution in [1.29, 1.82) is 0 Å². The fourth-order valence-corrected chi connectivity index (χ4v) is 4.48. The van der Waals surface area contributed by atoms with E-state index >= 15 is 0 Å². The summed E-state index contributed by atoms with van der Waals surface area (Å²) in [4.78, 5) is 29.9. The molecule has 2 aromatic carbocycles. The molecule has 0 saturated carbocycles. The highest BCUT2D eigenvalue weighted by molar-refractivity contribution is 5.95. The van der Waals surface area contributed by atoms with E-state index in [9.17, 15) is 9.59 Å². The number of nitrogens with zero attached hydrogens (tertiary/aromatic N) is 2. The maximum absolute atomic E-state index is 13.1. The standard InChI is InChI=1S/C25H32N2O3/c1-5-27(19(2)3)22-13-11-20(12-14-22)23(28)26-17-15-25(16-18-26,24(29)30-4)21-9-7-6-8-10-21/h6-14,19H,5,15-18H2,1-4H3. The molecule has 1 fully saturated rings. The van der Waals surface area contributed by atoms with E-state index in [1.54, 1.807) is 0 Å². The summed E-state index contributed by atoms with van der Waals surface area (Å²) in [6.45, 7) is 8.43. The molecule has 3 rings (SSSR count). The first-order valence-electron chi connectivity index (χ1n) is 10.7. The number of likely N-dealkylation sites (tertiary alicyclic amines) is 1. The average molecular weight is 409 g/mol. The van der Waals surface area contributed by atoms with Crippen LogP contribution in [0.15, 0.2) is 54.6 Å². The van der Waals surface area contributed by atoms with Gasteiger partial charge in [-0.25, -0.2) is 0 Å². The molecule has 1 amide bonds. The van der Waals surface area contributed by atoms with Gasteiger partial charge in [0.2, 0.25) is 0 Å². The molecule has 160 valence electrons. The molecule has 0 unspecified atom stereocenters. The number of piperidine rings is 1. The predicted octanol–water partition coefficient (Wildman–Crippen LogP) is 4.27. The van der Waals surface area contributed by atoms with Crippen LogP contribution in [0.1, 0.15) is 49.5 Å². The number of carbonyl (C=O) groups excluding carboxylic acids is 2. The van der Waals surface area contributed by atoms with Gasteiger partial charge in [0, 0.05) is 36.9 Å². The van der Waals surface area contributed by atoms with E-state index < -0.39 is 5.41 Å². The Morgan fingerprint density at radius 2 is 1.63 bits per heavy atom. The largest absolute Gasteiger partial charge is 0.468 e. The molecule has 1 heterocycles. The first kappa shape index (κ1) is 21.9. The average Bonchev–Trinajstić information content (AvgIpc) is 2.79. The van der Waals surface area contributed by atoms with Gasteiger partial charge in [-0.1, -0.05) is 30.3 Å². The Hall–Kier alpha value is -2.82. The van der Waals surface area contributed by atoms with Gasteiger partial charge < -0.3 is 14.5 Å². The Morgan fingerprint density at radius 3 is 2.13 bits per heavy atom. The molecular weight excluding hydrogens is 376 g/mol. The predicted molar refractivity (Wildman–Crippen MR) is 120 cm³/mol. The molecule has 30 heavy (non-hydrogen) atoms. The molecule has 1 saturated heterocycles. The van der Waals surface area contributed by atoms with E-state index in [2.05, 4.69) is 25.7 Å². The maximum Gasteiger partial charge on any atom is 0.316 e. The number of anilines is 1. The number of hydrogen-bond donors (Lipinski definition) is 0. The monoisotopic (exact) mass is 408 g/mol. The number of amides is 1. The van der Waals surface area contributed by atoms with Crippen LogP contribution < -0.4 is 4.90 Å². The van der Waals surface area contributed by atoms with Gasteiger partial charge in [0.05, 0.1) is 12.5 Å². The minimum Gasteiger partial charge on any atom is -0.468 e. The smallest absolute Gasteiger partial charge is 0.316 e. The lowest BCUT2D eigenvalue weighted by atomic mass is 9.72. The molecule has 0 aromatic heterocycles. The fraction of sp³-hybridized carbons (Fsp3) is 0.440. The van der Waals surface area contributed by atoms with Crippen molar-refractivity contribution in [1.82, 2.24) is 4.90 Å². The van der Waals surface area contributed by atoms with Crippen molar-refractivity contribution in [2.45, 2.75) is 45.1 Å². The highest BCUT2D eigenvalue weighted by Crippen LogP contribution is 2.37. The Morgan fingerprint density at radius 1 is 1.03 bits per heavy atom. The van der Waals surface area contributed by atoms with Crippen LogP contribution in [0, 0.1) is 0 Å². The van der Waals surface area contributed by atoms with E-state index in [1.165, 1.54) is 7.11 Å². The lowest BCUT2D eigenvalue weighted by Crippen LogP contribution is -2.49. The van der Waals surface area contributed by atoms with Crippen LogP contribution in [-0.4, -0.2) is 49.6 Å². The molecule has 0 atom stereocenters. The van der Waals surface area contributed by atoms with E-state index in [-0.39, 0.29) is 11.9 Å². The van der Waals surface area contributed by atoms with Gasteiger partial charge in [0.25, 0.3) is 5.91 Å². The topological polar surface area (TPSA) is 49.9 Å². The highest BCUT2D eigenvalue weighted by Gasteiger charge is 2.44. The summed E-state index contributed by atoms with van der Waals surface area (Å²) in [6.07, 6.45) is 1.12. The van der Waals surface area contributed by atoms with Crippen LogP contribution in [0.5, 0.6) is 0 Å². The zero-order chi connectivity index (χ0) is 21.7. The van der Waals surface area contributed by atoms with Crippen LogP contribution in [0.3, 0.4) is 0 Å². The molecule has 0 N–H and O–H groups in total.